The van der Waals surface area contributed by atoms with Crippen molar-refractivity contribution in [3.63, 3.8) is 0 Å². The molecule has 0 spiro atoms. The topological polar surface area (TPSA) is 41.9 Å². The van der Waals surface area contributed by atoms with Crippen LogP contribution in [-0.4, -0.2) is 44.9 Å². The van der Waals surface area contributed by atoms with E-state index in [1.165, 1.54) is 19.2 Å². The quantitative estimate of drug-likeness (QED) is 0.732. The summed E-state index contributed by atoms with van der Waals surface area (Å²) in [5.41, 5.74) is 0.643. The summed E-state index contributed by atoms with van der Waals surface area (Å²) in [5, 5.41) is 11.9. The fourth-order valence-electron chi connectivity index (χ4n) is 3.58. The number of halogens is 1. The van der Waals surface area contributed by atoms with E-state index in [1.54, 1.807) is 13.2 Å². The van der Waals surface area contributed by atoms with Crippen molar-refractivity contribution in [3.05, 3.63) is 65.0 Å². The van der Waals surface area contributed by atoms with Crippen LogP contribution >= 0.6 is 0 Å². The number of hydrogen-bond acceptors (Lipinski definition) is 4. The Hall–Kier alpha value is -2.37. The minimum absolute atomic E-state index is 0.215. The third kappa shape index (κ3) is 4.72. The van der Waals surface area contributed by atoms with Crippen LogP contribution in [0.4, 0.5) is 4.39 Å². The average Bonchev–Trinajstić information content (AvgIpc) is 2.67. The summed E-state index contributed by atoms with van der Waals surface area (Å²) >= 11 is 0. The van der Waals surface area contributed by atoms with Crippen LogP contribution in [0.2, 0.25) is 0 Å². The normalized spacial score (nSPS) is 15.2. The molecule has 0 bridgehead atoms. The Kier molecular flexibility index (Phi) is 7.22. The third-order valence-corrected chi connectivity index (χ3v) is 5.02. The van der Waals surface area contributed by atoms with E-state index in [-0.39, 0.29) is 5.92 Å². The van der Waals surface area contributed by atoms with Gasteiger partial charge in [0.2, 0.25) is 0 Å². The minimum atomic E-state index is -1.41. The summed E-state index contributed by atoms with van der Waals surface area (Å²) in [6.45, 7) is 4.43. The highest BCUT2D eigenvalue weighted by Crippen LogP contribution is 2.42. The zero-order chi connectivity index (χ0) is 20.9. The zero-order valence-electron chi connectivity index (χ0n) is 17.5. The predicted molar refractivity (Wildman–Crippen MR) is 111 cm³/mol. The van der Waals surface area contributed by atoms with Gasteiger partial charge in [0, 0.05) is 18.0 Å². The first-order valence-corrected chi connectivity index (χ1v) is 9.26. The maximum atomic E-state index is 14.1. The molecule has 2 rings (SSSR count). The first kappa shape index (κ1) is 21.9. The highest BCUT2D eigenvalue weighted by atomic mass is 19.1. The van der Waals surface area contributed by atoms with Crippen LogP contribution in [0, 0.1) is 11.7 Å². The summed E-state index contributed by atoms with van der Waals surface area (Å²) in [5.74, 6) is 0.589. The van der Waals surface area contributed by atoms with Crippen LogP contribution < -0.4 is 9.47 Å². The molecule has 0 aliphatic carbocycles. The van der Waals surface area contributed by atoms with Gasteiger partial charge in [-0.2, -0.15) is 0 Å². The average molecular weight is 387 g/mol. The molecule has 5 heteroatoms. The van der Waals surface area contributed by atoms with Crippen molar-refractivity contribution in [2.75, 3.05) is 34.9 Å². The number of rotatable bonds is 8. The molecular formula is C23H30FNO3. The summed E-state index contributed by atoms with van der Waals surface area (Å²) < 4.78 is 24.8. The van der Waals surface area contributed by atoms with Gasteiger partial charge in [0.15, 0.2) is 0 Å². The fraction of sp³-hybridized carbons (Fsp3) is 0.391. The molecule has 28 heavy (non-hydrogen) atoms. The van der Waals surface area contributed by atoms with E-state index in [0.717, 1.165) is 11.3 Å². The SMILES string of the molecule is COc1ccc(C=C(C)C(O)(c2cc(F)ccc2OC)C(C)CN(C)C)cc1. The molecule has 4 nitrogen and oxygen atoms in total. The Bertz CT molecular complexity index is 817. The van der Waals surface area contributed by atoms with Crippen LogP contribution in [-0.2, 0) is 5.60 Å². The molecular weight excluding hydrogens is 357 g/mol. The Morgan fingerprint density at radius 2 is 1.79 bits per heavy atom. The Morgan fingerprint density at radius 3 is 2.32 bits per heavy atom. The monoisotopic (exact) mass is 387 g/mol. The lowest BCUT2D eigenvalue weighted by Crippen LogP contribution is -2.40. The molecule has 0 aromatic heterocycles. The van der Waals surface area contributed by atoms with Crippen molar-refractivity contribution in [1.29, 1.82) is 0 Å². The van der Waals surface area contributed by atoms with Crippen LogP contribution in [0.15, 0.2) is 48.0 Å². The molecule has 0 fully saturated rings. The maximum Gasteiger partial charge on any atom is 0.125 e. The smallest absolute Gasteiger partial charge is 0.125 e. The number of nitrogens with zero attached hydrogens (tertiary/aromatic N) is 1. The second-order valence-corrected chi connectivity index (χ2v) is 7.37. The van der Waals surface area contributed by atoms with Crippen molar-refractivity contribution >= 4 is 6.08 Å². The van der Waals surface area contributed by atoms with Gasteiger partial charge in [0.25, 0.3) is 0 Å². The molecule has 2 atom stereocenters. The van der Waals surface area contributed by atoms with Crippen LogP contribution in [0.3, 0.4) is 0 Å². The fourth-order valence-corrected chi connectivity index (χ4v) is 3.58. The van der Waals surface area contributed by atoms with Crippen molar-refractivity contribution in [2.24, 2.45) is 5.92 Å². The molecule has 0 saturated carbocycles. The lowest BCUT2D eigenvalue weighted by molar-refractivity contribution is 0.00830. The number of hydrogen-bond donors (Lipinski definition) is 1. The Morgan fingerprint density at radius 1 is 1.14 bits per heavy atom. The molecule has 0 heterocycles. The highest BCUT2D eigenvalue weighted by molar-refractivity contribution is 5.58. The van der Waals surface area contributed by atoms with E-state index >= 15 is 0 Å². The first-order valence-electron chi connectivity index (χ1n) is 9.26. The second-order valence-electron chi connectivity index (χ2n) is 7.37. The van der Waals surface area contributed by atoms with Crippen LogP contribution in [0.5, 0.6) is 11.5 Å². The van der Waals surface area contributed by atoms with E-state index < -0.39 is 11.4 Å². The predicted octanol–water partition coefficient (Wildman–Crippen LogP) is 4.33. The molecule has 152 valence electrons. The van der Waals surface area contributed by atoms with Crippen molar-refractivity contribution < 1.29 is 19.0 Å². The zero-order valence-corrected chi connectivity index (χ0v) is 17.5. The van der Waals surface area contributed by atoms with Gasteiger partial charge in [-0.15, -0.1) is 0 Å². The number of methoxy groups -OCH3 is 2. The molecule has 2 aromatic rings. The van der Waals surface area contributed by atoms with E-state index in [4.69, 9.17) is 9.47 Å². The lowest BCUT2D eigenvalue weighted by Gasteiger charge is -2.38. The summed E-state index contributed by atoms with van der Waals surface area (Å²) in [6, 6.07) is 11.8. The van der Waals surface area contributed by atoms with Gasteiger partial charge in [-0.1, -0.05) is 25.1 Å². The Labute approximate surface area is 167 Å². The third-order valence-electron chi connectivity index (χ3n) is 5.02. The standard InChI is InChI=1S/C23H30FNO3/c1-16(13-18-7-10-20(27-5)11-8-18)23(26,17(2)15-25(3)4)21-14-19(24)9-12-22(21)28-6/h7-14,17,26H,15H2,1-6H3. The molecule has 0 aliphatic rings. The number of aliphatic hydroxyl groups is 1. The lowest BCUT2D eigenvalue weighted by atomic mass is 9.75. The first-order chi connectivity index (χ1) is 13.2. The van der Waals surface area contributed by atoms with E-state index in [1.807, 2.05) is 63.2 Å². The van der Waals surface area contributed by atoms with Crippen molar-refractivity contribution in [1.82, 2.24) is 4.90 Å². The van der Waals surface area contributed by atoms with Crippen LogP contribution in [0.1, 0.15) is 25.0 Å². The van der Waals surface area contributed by atoms with Gasteiger partial charge in [-0.25, -0.2) is 4.39 Å². The van der Waals surface area contributed by atoms with Gasteiger partial charge in [-0.05, 0) is 62.5 Å². The molecule has 0 saturated heterocycles. The second kappa shape index (κ2) is 9.22. The van der Waals surface area contributed by atoms with Gasteiger partial charge >= 0.3 is 0 Å². The van der Waals surface area contributed by atoms with Gasteiger partial charge in [-0.3, -0.25) is 0 Å². The maximum absolute atomic E-state index is 14.1. The molecule has 0 aliphatic heterocycles. The number of benzene rings is 2. The largest absolute Gasteiger partial charge is 0.497 e. The summed E-state index contributed by atoms with van der Waals surface area (Å²) in [6.07, 6.45) is 1.91. The van der Waals surface area contributed by atoms with Crippen LogP contribution in [0.25, 0.3) is 6.08 Å². The summed E-state index contributed by atoms with van der Waals surface area (Å²) in [4.78, 5) is 2.00. The van der Waals surface area contributed by atoms with E-state index in [2.05, 4.69) is 0 Å². The molecule has 0 radical (unpaired) electrons. The number of ether oxygens (including phenoxy) is 2. The highest BCUT2D eigenvalue weighted by Gasteiger charge is 2.40. The molecule has 2 aromatic carbocycles. The molecule has 2 unspecified atom stereocenters. The molecule has 0 amide bonds. The Balaban J connectivity index is 2.60. The van der Waals surface area contributed by atoms with Crippen molar-refractivity contribution in [3.8, 4) is 11.5 Å². The van der Waals surface area contributed by atoms with E-state index in [9.17, 15) is 9.50 Å². The molecule has 1 N–H and O–H groups in total. The van der Waals surface area contributed by atoms with Gasteiger partial charge in [0.1, 0.15) is 22.9 Å². The van der Waals surface area contributed by atoms with E-state index in [0.29, 0.717) is 23.4 Å². The van der Waals surface area contributed by atoms with Crippen molar-refractivity contribution in [2.45, 2.75) is 19.4 Å². The summed E-state index contributed by atoms with van der Waals surface area (Å²) in [7, 11) is 7.04. The van der Waals surface area contributed by atoms with Gasteiger partial charge in [0.05, 0.1) is 14.2 Å². The minimum Gasteiger partial charge on any atom is -0.497 e. The van der Waals surface area contributed by atoms with Gasteiger partial charge < -0.3 is 19.5 Å².